The van der Waals surface area contributed by atoms with Crippen molar-refractivity contribution >= 4 is 12.0 Å². The third-order valence-corrected chi connectivity index (χ3v) is 4.66. The van der Waals surface area contributed by atoms with Gasteiger partial charge in [0.05, 0.1) is 13.1 Å². The van der Waals surface area contributed by atoms with Crippen LogP contribution >= 0.6 is 0 Å². The van der Waals surface area contributed by atoms with Crippen molar-refractivity contribution in [1.29, 1.82) is 0 Å². The van der Waals surface area contributed by atoms with Crippen LogP contribution in [-0.2, 0) is 22.3 Å². The number of carbonyl (C=O) groups is 2. The Balaban J connectivity index is 1.75. The van der Waals surface area contributed by atoms with Crippen molar-refractivity contribution in [2.45, 2.75) is 31.2 Å². The summed E-state index contributed by atoms with van der Waals surface area (Å²) in [7, 11) is 1.60. The number of halogens is 3. The number of amides is 2. The van der Waals surface area contributed by atoms with Gasteiger partial charge in [0.2, 0.25) is 5.91 Å². The van der Waals surface area contributed by atoms with Crippen LogP contribution in [0.3, 0.4) is 0 Å². The van der Waals surface area contributed by atoms with Gasteiger partial charge in [-0.2, -0.15) is 13.2 Å². The third kappa shape index (κ3) is 3.40. The lowest BCUT2D eigenvalue weighted by molar-refractivity contribution is -0.140. The number of ether oxygens (including phenoxy) is 1. The molecule has 0 saturated carbocycles. The molecular formula is C16H18F3N3O4. The molecule has 1 aromatic rings. The van der Waals surface area contributed by atoms with E-state index >= 15 is 0 Å². The Kier molecular flexibility index (Phi) is 4.45. The van der Waals surface area contributed by atoms with Crippen LogP contribution in [0, 0.1) is 0 Å². The molecule has 2 fully saturated rings. The molecular weight excluding hydrogens is 355 g/mol. The molecule has 2 amide bonds. The average Bonchev–Trinajstić information content (AvgIpc) is 2.81. The summed E-state index contributed by atoms with van der Waals surface area (Å²) in [6, 6.07) is 1.77. The quantitative estimate of drug-likeness (QED) is 0.784. The molecule has 2 aliphatic heterocycles. The van der Waals surface area contributed by atoms with E-state index in [-0.39, 0.29) is 6.54 Å². The maximum Gasteiger partial charge on any atom is 0.421 e. The Bertz CT molecular complexity index is 792. The molecule has 142 valence electrons. The summed E-state index contributed by atoms with van der Waals surface area (Å²) in [5.74, 6) is -0.490. The maximum absolute atomic E-state index is 12.8. The van der Waals surface area contributed by atoms with E-state index in [1.54, 1.807) is 7.05 Å². The highest BCUT2D eigenvalue weighted by Crippen LogP contribution is 2.31. The zero-order valence-electron chi connectivity index (χ0n) is 14.1. The van der Waals surface area contributed by atoms with Crippen LogP contribution in [-0.4, -0.2) is 58.7 Å². The molecule has 3 heterocycles. The van der Waals surface area contributed by atoms with Gasteiger partial charge in [0.25, 0.3) is 5.56 Å². The zero-order valence-corrected chi connectivity index (χ0v) is 14.1. The van der Waals surface area contributed by atoms with Gasteiger partial charge in [-0.15, -0.1) is 0 Å². The first kappa shape index (κ1) is 18.3. The lowest BCUT2D eigenvalue weighted by atomic mass is 9.92. The monoisotopic (exact) mass is 373 g/mol. The van der Waals surface area contributed by atoms with Crippen molar-refractivity contribution in [3.8, 4) is 0 Å². The minimum absolute atomic E-state index is 0.162. The molecule has 0 aromatic carbocycles. The second kappa shape index (κ2) is 6.33. The van der Waals surface area contributed by atoms with Crippen molar-refractivity contribution < 1.29 is 27.5 Å². The fourth-order valence-corrected chi connectivity index (χ4v) is 3.44. The number of hydrogen-bond acceptors (Lipinski definition) is 4. The standard InChI is InChI=1S/C16H18F3N3O4/c1-20-9-15(26-14(20)25)5-3-7-22(10-15)12(23)8-21-6-2-4-11(13(21)24)16(17,18)19/h2,4,6H,3,5,7-10H2,1H3/t15-/m1/s1. The number of rotatable bonds is 2. The van der Waals surface area contributed by atoms with E-state index in [0.29, 0.717) is 32.0 Å². The number of pyridine rings is 1. The molecule has 0 radical (unpaired) electrons. The van der Waals surface area contributed by atoms with Gasteiger partial charge in [0.15, 0.2) is 0 Å². The summed E-state index contributed by atoms with van der Waals surface area (Å²) >= 11 is 0. The highest BCUT2D eigenvalue weighted by atomic mass is 19.4. The minimum atomic E-state index is -4.78. The van der Waals surface area contributed by atoms with Gasteiger partial charge in [-0.1, -0.05) is 0 Å². The van der Waals surface area contributed by atoms with Crippen LogP contribution in [0.5, 0.6) is 0 Å². The number of piperidine rings is 1. The van der Waals surface area contributed by atoms with Crippen LogP contribution in [0.25, 0.3) is 0 Å². The number of hydrogen-bond donors (Lipinski definition) is 0. The second-order valence-corrected chi connectivity index (χ2v) is 6.68. The van der Waals surface area contributed by atoms with E-state index < -0.39 is 41.4 Å². The van der Waals surface area contributed by atoms with Crippen molar-refractivity contribution in [1.82, 2.24) is 14.4 Å². The lowest BCUT2D eigenvalue weighted by Crippen LogP contribution is -2.53. The van der Waals surface area contributed by atoms with Gasteiger partial charge < -0.3 is 19.1 Å². The van der Waals surface area contributed by atoms with Crippen molar-refractivity contribution in [2.24, 2.45) is 0 Å². The number of aromatic nitrogens is 1. The molecule has 0 bridgehead atoms. The Morgan fingerprint density at radius 2 is 2.04 bits per heavy atom. The number of alkyl halides is 3. The van der Waals surface area contributed by atoms with Crippen LogP contribution in [0.4, 0.5) is 18.0 Å². The minimum Gasteiger partial charge on any atom is -0.439 e. The molecule has 0 aliphatic carbocycles. The number of nitrogens with zero attached hydrogens (tertiary/aromatic N) is 3. The van der Waals surface area contributed by atoms with Crippen LogP contribution in [0.15, 0.2) is 23.1 Å². The summed E-state index contributed by atoms with van der Waals surface area (Å²) in [4.78, 5) is 39.0. The Morgan fingerprint density at radius 1 is 1.31 bits per heavy atom. The summed E-state index contributed by atoms with van der Waals surface area (Å²) < 4.78 is 44.6. The molecule has 1 aromatic heterocycles. The van der Waals surface area contributed by atoms with Crippen molar-refractivity contribution in [3.05, 3.63) is 34.2 Å². The summed E-state index contributed by atoms with van der Waals surface area (Å²) in [5, 5.41) is 0. The molecule has 0 unspecified atom stereocenters. The molecule has 7 nitrogen and oxygen atoms in total. The Morgan fingerprint density at radius 3 is 2.65 bits per heavy atom. The fraction of sp³-hybridized carbons (Fsp3) is 0.562. The fourth-order valence-electron chi connectivity index (χ4n) is 3.44. The van der Waals surface area contributed by atoms with E-state index in [9.17, 15) is 27.6 Å². The molecule has 2 aliphatic rings. The first-order valence-corrected chi connectivity index (χ1v) is 8.10. The SMILES string of the molecule is CN1C[C@@]2(CCCN(C(=O)Cn3cccc(C(F)(F)F)c3=O)C2)OC1=O. The molecule has 1 spiro atoms. The van der Waals surface area contributed by atoms with Gasteiger partial charge in [0, 0.05) is 19.8 Å². The van der Waals surface area contributed by atoms with Crippen molar-refractivity contribution in [2.75, 3.05) is 26.7 Å². The van der Waals surface area contributed by atoms with E-state index in [1.165, 1.54) is 9.80 Å². The average molecular weight is 373 g/mol. The number of likely N-dealkylation sites (N-methyl/N-ethyl adjacent to an activating group) is 1. The van der Waals surface area contributed by atoms with Gasteiger partial charge in [-0.3, -0.25) is 9.59 Å². The van der Waals surface area contributed by atoms with Gasteiger partial charge in [-0.05, 0) is 25.0 Å². The van der Waals surface area contributed by atoms with E-state index in [0.717, 1.165) is 16.8 Å². The third-order valence-electron chi connectivity index (χ3n) is 4.66. The van der Waals surface area contributed by atoms with E-state index in [2.05, 4.69) is 0 Å². The molecule has 1 atom stereocenters. The Labute approximate surface area is 146 Å². The molecule has 2 saturated heterocycles. The summed E-state index contributed by atoms with van der Waals surface area (Å²) in [6.07, 6.45) is -2.88. The number of likely N-dealkylation sites (tertiary alicyclic amines) is 1. The largest absolute Gasteiger partial charge is 0.439 e. The first-order chi connectivity index (χ1) is 12.1. The normalized spacial score (nSPS) is 23.5. The molecule has 0 N–H and O–H groups in total. The topological polar surface area (TPSA) is 71.8 Å². The highest BCUT2D eigenvalue weighted by Gasteiger charge is 2.47. The van der Waals surface area contributed by atoms with Crippen LogP contribution in [0.2, 0.25) is 0 Å². The first-order valence-electron chi connectivity index (χ1n) is 8.10. The van der Waals surface area contributed by atoms with Gasteiger partial charge in [-0.25, -0.2) is 4.79 Å². The van der Waals surface area contributed by atoms with Gasteiger partial charge >= 0.3 is 12.3 Å². The lowest BCUT2D eigenvalue weighted by Gasteiger charge is -2.38. The number of carbonyl (C=O) groups excluding carboxylic acids is 2. The van der Waals surface area contributed by atoms with E-state index in [4.69, 9.17) is 4.74 Å². The summed E-state index contributed by atoms with van der Waals surface area (Å²) in [6.45, 7) is 0.410. The Hall–Kier alpha value is -2.52. The molecule has 10 heteroatoms. The van der Waals surface area contributed by atoms with Gasteiger partial charge in [0.1, 0.15) is 17.7 Å². The van der Waals surface area contributed by atoms with E-state index in [1.807, 2.05) is 0 Å². The molecule has 26 heavy (non-hydrogen) atoms. The van der Waals surface area contributed by atoms with Crippen LogP contribution < -0.4 is 5.56 Å². The molecule has 3 rings (SSSR count). The second-order valence-electron chi connectivity index (χ2n) is 6.68. The van der Waals surface area contributed by atoms with Crippen LogP contribution in [0.1, 0.15) is 18.4 Å². The summed E-state index contributed by atoms with van der Waals surface area (Å²) in [5.41, 5.74) is -3.36. The highest BCUT2D eigenvalue weighted by molar-refractivity contribution is 5.76. The smallest absolute Gasteiger partial charge is 0.421 e. The van der Waals surface area contributed by atoms with Crippen molar-refractivity contribution in [3.63, 3.8) is 0 Å². The maximum atomic E-state index is 12.8. The predicted molar refractivity (Wildman–Crippen MR) is 83.4 cm³/mol. The zero-order chi connectivity index (χ0) is 19.1. The predicted octanol–water partition coefficient (Wildman–Crippen LogP) is 1.31.